The molecule has 2 amide bonds. The fourth-order valence-corrected chi connectivity index (χ4v) is 4.66. The Morgan fingerprint density at radius 2 is 1.81 bits per heavy atom. The van der Waals surface area contributed by atoms with Gasteiger partial charge in [0, 0.05) is 30.3 Å². The monoisotopic (exact) mass is 435 g/mol. The minimum Gasteiger partial charge on any atom is -0.330 e. The lowest BCUT2D eigenvalue weighted by Gasteiger charge is -2.24. The molecule has 3 heterocycles. The molecule has 1 fully saturated rings. The second kappa shape index (κ2) is 9.34. The van der Waals surface area contributed by atoms with Crippen molar-refractivity contribution < 1.29 is 9.59 Å². The molecule has 3 aromatic rings. The highest BCUT2D eigenvalue weighted by molar-refractivity contribution is 7.99. The summed E-state index contributed by atoms with van der Waals surface area (Å²) < 4.78 is 1.95. The average Bonchev–Trinajstić information content (AvgIpc) is 3.44. The third kappa shape index (κ3) is 4.96. The molecule has 1 N–H and O–H groups in total. The number of anilines is 1. The topological polar surface area (TPSA) is 80.1 Å². The van der Waals surface area contributed by atoms with Gasteiger partial charge in [-0.25, -0.2) is 9.97 Å². The highest BCUT2D eigenvalue weighted by Gasteiger charge is 2.34. The Kier molecular flexibility index (Phi) is 6.36. The fourth-order valence-electron chi connectivity index (χ4n) is 3.82. The van der Waals surface area contributed by atoms with Gasteiger partial charge in [-0.1, -0.05) is 23.9 Å². The number of para-hydroxylation sites is 2. The van der Waals surface area contributed by atoms with E-state index in [0.717, 1.165) is 29.2 Å². The maximum Gasteiger partial charge on any atom is 0.247 e. The number of benzene rings is 1. The minimum absolute atomic E-state index is 0.0656. The summed E-state index contributed by atoms with van der Waals surface area (Å²) in [6, 6.07) is 13.0. The van der Waals surface area contributed by atoms with Crippen molar-refractivity contribution in [1.82, 2.24) is 19.4 Å². The Balaban J connectivity index is 1.42. The van der Waals surface area contributed by atoms with Gasteiger partial charge in [-0.15, -0.1) is 0 Å². The number of carbonyl (C=O) groups is 2. The van der Waals surface area contributed by atoms with E-state index in [4.69, 9.17) is 0 Å². The maximum absolute atomic E-state index is 13.1. The summed E-state index contributed by atoms with van der Waals surface area (Å²) in [5.74, 6) is -0.00527. The van der Waals surface area contributed by atoms with Gasteiger partial charge in [0.05, 0.1) is 17.1 Å². The van der Waals surface area contributed by atoms with Gasteiger partial charge in [0.1, 0.15) is 6.04 Å². The molecule has 0 bridgehead atoms. The molecule has 4 rings (SSSR count). The number of carbonyl (C=O) groups excluding carboxylic acids is 2. The third-order valence-corrected chi connectivity index (χ3v) is 6.04. The van der Waals surface area contributed by atoms with Gasteiger partial charge in [0.15, 0.2) is 5.16 Å². The predicted molar refractivity (Wildman–Crippen MR) is 121 cm³/mol. The number of nitrogens with one attached hydrogen (secondary N) is 1. The molecular weight excluding hydrogens is 410 g/mol. The first-order chi connectivity index (χ1) is 15.0. The number of hydrogen-bond donors (Lipinski definition) is 1. The van der Waals surface area contributed by atoms with E-state index in [2.05, 4.69) is 15.3 Å². The van der Waals surface area contributed by atoms with Gasteiger partial charge >= 0.3 is 0 Å². The molecule has 1 aromatic carbocycles. The summed E-state index contributed by atoms with van der Waals surface area (Å²) >= 11 is 1.31. The van der Waals surface area contributed by atoms with Crippen LogP contribution in [0.3, 0.4) is 0 Å². The molecule has 31 heavy (non-hydrogen) atoms. The summed E-state index contributed by atoms with van der Waals surface area (Å²) in [7, 11) is 0. The molecule has 0 spiro atoms. The zero-order chi connectivity index (χ0) is 21.8. The van der Waals surface area contributed by atoms with E-state index in [1.807, 2.05) is 73.3 Å². The van der Waals surface area contributed by atoms with Crippen LogP contribution in [-0.2, 0) is 9.59 Å². The lowest BCUT2D eigenvalue weighted by atomic mass is 10.2. The Morgan fingerprint density at radius 1 is 1.10 bits per heavy atom. The van der Waals surface area contributed by atoms with Crippen LogP contribution in [0.2, 0.25) is 0 Å². The quantitative estimate of drug-likeness (QED) is 0.473. The van der Waals surface area contributed by atoms with Crippen LogP contribution in [0.5, 0.6) is 0 Å². The zero-order valence-electron chi connectivity index (χ0n) is 17.6. The number of likely N-dealkylation sites (tertiary alicyclic amines) is 1. The van der Waals surface area contributed by atoms with Crippen LogP contribution in [0.25, 0.3) is 5.69 Å². The molecule has 2 aromatic heterocycles. The van der Waals surface area contributed by atoms with Gasteiger partial charge in [-0.05, 0) is 57.0 Å². The first kappa shape index (κ1) is 21.1. The summed E-state index contributed by atoms with van der Waals surface area (Å²) in [6.45, 7) is 4.41. The van der Waals surface area contributed by atoms with Crippen molar-refractivity contribution >= 4 is 29.3 Å². The van der Waals surface area contributed by atoms with Crippen LogP contribution in [0.15, 0.2) is 60.0 Å². The molecule has 0 radical (unpaired) electrons. The second-order valence-corrected chi connectivity index (χ2v) is 8.51. The standard InChI is InChI=1S/C23H25N5O2S/c1-16-14-17(2)25-23(24-16)31-15-21(29)28-13-7-10-20(28)22(30)26-18-8-3-4-9-19(18)27-11-5-6-12-27/h3-6,8-9,11-12,14,20H,7,10,13,15H2,1-2H3,(H,26,30)/t20-/m0/s1. The predicted octanol–water partition coefficient (Wildman–Crippen LogP) is 3.61. The molecule has 1 aliphatic heterocycles. The van der Waals surface area contributed by atoms with Crippen LogP contribution in [0.1, 0.15) is 24.2 Å². The van der Waals surface area contributed by atoms with E-state index >= 15 is 0 Å². The molecule has 160 valence electrons. The molecule has 0 unspecified atom stereocenters. The van der Waals surface area contributed by atoms with Gasteiger partial charge in [0.25, 0.3) is 0 Å². The number of amides is 2. The highest BCUT2D eigenvalue weighted by atomic mass is 32.2. The summed E-state index contributed by atoms with van der Waals surface area (Å²) in [6.07, 6.45) is 5.34. The Labute approximate surface area is 185 Å². The number of nitrogens with zero attached hydrogens (tertiary/aromatic N) is 4. The Hall–Kier alpha value is -3.13. The van der Waals surface area contributed by atoms with Crippen LogP contribution < -0.4 is 5.32 Å². The molecule has 8 heteroatoms. The normalized spacial score (nSPS) is 15.8. The van der Waals surface area contributed by atoms with Crippen LogP contribution in [0.4, 0.5) is 5.69 Å². The van der Waals surface area contributed by atoms with Crippen molar-refractivity contribution in [3.05, 3.63) is 66.2 Å². The largest absolute Gasteiger partial charge is 0.330 e. The van der Waals surface area contributed by atoms with E-state index in [1.54, 1.807) is 4.90 Å². The molecule has 1 atom stereocenters. The lowest BCUT2D eigenvalue weighted by Crippen LogP contribution is -2.44. The van der Waals surface area contributed by atoms with Crippen molar-refractivity contribution in [2.45, 2.75) is 37.9 Å². The SMILES string of the molecule is Cc1cc(C)nc(SCC(=O)N2CCC[C@H]2C(=O)Nc2ccccc2-n2cccc2)n1. The van der Waals surface area contributed by atoms with Gasteiger partial charge in [0.2, 0.25) is 11.8 Å². The third-order valence-electron chi connectivity index (χ3n) is 5.21. The van der Waals surface area contributed by atoms with Crippen molar-refractivity contribution in [2.75, 3.05) is 17.6 Å². The molecule has 0 aliphatic carbocycles. The minimum atomic E-state index is -0.467. The maximum atomic E-state index is 13.1. The number of aryl methyl sites for hydroxylation is 2. The van der Waals surface area contributed by atoms with Gasteiger partial charge in [-0.3, -0.25) is 9.59 Å². The fraction of sp³-hybridized carbons (Fsp3) is 0.304. The second-order valence-electron chi connectivity index (χ2n) is 7.56. The Morgan fingerprint density at radius 3 is 2.55 bits per heavy atom. The summed E-state index contributed by atoms with van der Waals surface area (Å²) in [5, 5.41) is 3.62. The number of aromatic nitrogens is 3. The summed E-state index contributed by atoms with van der Waals surface area (Å²) in [5.41, 5.74) is 3.37. The smallest absolute Gasteiger partial charge is 0.247 e. The number of rotatable bonds is 6. The van der Waals surface area contributed by atoms with Crippen LogP contribution >= 0.6 is 11.8 Å². The Bertz CT molecular complexity index is 1060. The van der Waals surface area contributed by atoms with Crippen LogP contribution in [-0.4, -0.2) is 49.6 Å². The van der Waals surface area contributed by atoms with E-state index < -0.39 is 6.04 Å². The molecule has 7 nitrogen and oxygen atoms in total. The number of thioether (sulfide) groups is 1. The van der Waals surface area contributed by atoms with E-state index in [9.17, 15) is 9.59 Å². The van der Waals surface area contributed by atoms with Gasteiger partial charge in [-0.2, -0.15) is 0 Å². The van der Waals surface area contributed by atoms with Crippen molar-refractivity contribution in [3.8, 4) is 5.69 Å². The average molecular weight is 436 g/mol. The lowest BCUT2D eigenvalue weighted by molar-refractivity contribution is -0.134. The van der Waals surface area contributed by atoms with Crippen molar-refractivity contribution in [3.63, 3.8) is 0 Å². The van der Waals surface area contributed by atoms with E-state index in [1.165, 1.54) is 11.8 Å². The molecular formula is C23H25N5O2S. The molecule has 1 aliphatic rings. The highest BCUT2D eigenvalue weighted by Crippen LogP contribution is 2.25. The van der Waals surface area contributed by atoms with Crippen molar-refractivity contribution in [1.29, 1.82) is 0 Å². The van der Waals surface area contributed by atoms with E-state index in [0.29, 0.717) is 18.1 Å². The zero-order valence-corrected chi connectivity index (χ0v) is 18.4. The van der Waals surface area contributed by atoms with Crippen molar-refractivity contribution in [2.24, 2.45) is 0 Å². The molecule has 1 saturated heterocycles. The first-order valence-corrected chi connectivity index (χ1v) is 11.3. The molecule has 0 saturated carbocycles. The van der Waals surface area contributed by atoms with E-state index in [-0.39, 0.29) is 17.6 Å². The first-order valence-electron chi connectivity index (χ1n) is 10.3. The summed E-state index contributed by atoms with van der Waals surface area (Å²) in [4.78, 5) is 36.4. The van der Waals surface area contributed by atoms with Gasteiger partial charge < -0.3 is 14.8 Å². The number of hydrogen-bond acceptors (Lipinski definition) is 5. The van der Waals surface area contributed by atoms with Crippen LogP contribution in [0, 0.1) is 13.8 Å².